The van der Waals surface area contributed by atoms with Crippen LogP contribution in [0.15, 0.2) is 0 Å². The number of carboxylic acid groups (broad SMARTS) is 1. The molecule has 0 bridgehead atoms. The Labute approximate surface area is 115 Å². The fraction of sp³-hybridized carbons (Fsp3) is 0.857. The van der Waals surface area contributed by atoms with E-state index in [0.717, 1.165) is 0 Å². The summed E-state index contributed by atoms with van der Waals surface area (Å²) < 4.78 is 5.34. The number of aliphatic carboxylic acids is 1. The summed E-state index contributed by atoms with van der Waals surface area (Å²) in [7, 11) is 0. The van der Waals surface area contributed by atoms with Gasteiger partial charge in [-0.2, -0.15) is 0 Å². The maximum Gasteiger partial charge on any atom is 0.411 e. The van der Waals surface area contributed by atoms with Crippen LogP contribution in [0.25, 0.3) is 0 Å². The molecular formula is C14H27NO4. The number of ether oxygens (including phenoxy) is 1. The fourth-order valence-electron chi connectivity index (χ4n) is 2.07. The zero-order valence-corrected chi connectivity index (χ0v) is 12.9. The number of carboxylic acids is 1. The van der Waals surface area contributed by atoms with Gasteiger partial charge in [-0.15, -0.1) is 0 Å². The van der Waals surface area contributed by atoms with Crippen molar-refractivity contribution in [1.82, 2.24) is 4.90 Å². The van der Waals surface area contributed by atoms with Crippen molar-refractivity contribution in [2.75, 3.05) is 6.54 Å². The number of rotatable bonds is 6. The topological polar surface area (TPSA) is 66.8 Å². The molecule has 0 spiro atoms. The SMILES string of the molecule is CCCN(C(=O)OC(C)(C)C)C(CC)(CC)C(=O)O. The number of hydrogen-bond acceptors (Lipinski definition) is 3. The van der Waals surface area contributed by atoms with Crippen LogP contribution in [0.5, 0.6) is 0 Å². The average molecular weight is 273 g/mol. The van der Waals surface area contributed by atoms with Gasteiger partial charge in [0.15, 0.2) is 0 Å². The second kappa shape index (κ2) is 6.78. The van der Waals surface area contributed by atoms with E-state index in [2.05, 4.69) is 0 Å². The van der Waals surface area contributed by atoms with Crippen molar-refractivity contribution in [3.63, 3.8) is 0 Å². The van der Waals surface area contributed by atoms with Crippen LogP contribution in [0.4, 0.5) is 4.79 Å². The third-order valence-corrected chi connectivity index (χ3v) is 3.15. The van der Waals surface area contributed by atoms with E-state index in [1.807, 2.05) is 6.92 Å². The predicted molar refractivity (Wildman–Crippen MR) is 74.2 cm³/mol. The highest BCUT2D eigenvalue weighted by molar-refractivity contribution is 5.84. The van der Waals surface area contributed by atoms with E-state index in [-0.39, 0.29) is 0 Å². The first-order valence-corrected chi connectivity index (χ1v) is 6.88. The Morgan fingerprint density at radius 3 is 1.84 bits per heavy atom. The van der Waals surface area contributed by atoms with Crippen LogP contribution < -0.4 is 0 Å². The van der Waals surface area contributed by atoms with Crippen molar-refractivity contribution in [3.8, 4) is 0 Å². The van der Waals surface area contributed by atoms with Gasteiger partial charge in [0.05, 0.1) is 0 Å². The van der Waals surface area contributed by atoms with E-state index in [4.69, 9.17) is 4.74 Å². The molecule has 0 heterocycles. The Morgan fingerprint density at radius 1 is 1.11 bits per heavy atom. The number of nitrogens with zero attached hydrogens (tertiary/aromatic N) is 1. The van der Waals surface area contributed by atoms with Crippen LogP contribution in [0.2, 0.25) is 0 Å². The summed E-state index contributed by atoms with van der Waals surface area (Å²) in [5.74, 6) is -0.975. The molecule has 1 amide bonds. The summed E-state index contributed by atoms with van der Waals surface area (Å²) in [6, 6.07) is 0. The van der Waals surface area contributed by atoms with Gasteiger partial charge in [0, 0.05) is 6.54 Å². The number of carbonyl (C=O) groups is 2. The molecule has 0 aromatic carbocycles. The smallest absolute Gasteiger partial charge is 0.411 e. The molecule has 19 heavy (non-hydrogen) atoms. The second-order valence-corrected chi connectivity index (χ2v) is 5.68. The van der Waals surface area contributed by atoms with Gasteiger partial charge in [0.2, 0.25) is 0 Å². The molecule has 0 atom stereocenters. The Kier molecular flexibility index (Phi) is 6.33. The summed E-state index contributed by atoms with van der Waals surface area (Å²) in [4.78, 5) is 25.2. The fourth-order valence-corrected chi connectivity index (χ4v) is 2.07. The maximum absolute atomic E-state index is 12.3. The highest BCUT2D eigenvalue weighted by Gasteiger charge is 2.44. The molecule has 0 radical (unpaired) electrons. The second-order valence-electron chi connectivity index (χ2n) is 5.68. The first-order chi connectivity index (χ1) is 8.64. The van der Waals surface area contributed by atoms with Gasteiger partial charge >= 0.3 is 12.1 Å². The molecule has 0 aromatic rings. The largest absolute Gasteiger partial charge is 0.479 e. The lowest BCUT2D eigenvalue weighted by Crippen LogP contribution is -2.57. The molecule has 0 saturated heterocycles. The summed E-state index contributed by atoms with van der Waals surface area (Å²) in [5.41, 5.74) is -1.81. The molecule has 0 rings (SSSR count). The van der Waals surface area contributed by atoms with Crippen LogP contribution in [-0.2, 0) is 9.53 Å². The lowest BCUT2D eigenvalue weighted by Gasteiger charge is -2.40. The Hall–Kier alpha value is -1.26. The highest BCUT2D eigenvalue weighted by Crippen LogP contribution is 2.27. The third-order valence-electron chi connectivity index (χ3n) is 3.15. The first kappa shape index (κ1) is 17.7. The predicted octanol–water partition coefficient (Wildman–Crippen LogP) is 3.28. The van der Waals surface area contributed by atoms with E-state index in [1.165, 1.54) is 4.90 Å². The van der Waals surface area contributed by atoms with Crippen molar-refractivity contribution in [3.05, 3.63) is 0 Å². The molecule has 0 aliphatic rings. The van der Waals surface area contributed by atoms with Gasteiger partial charge in [-0.3, -0.25) is 4.90 Å². The maximum atomic E-state index is 12.3. The highest BCUT2D eigenvalue weighted by atomic mass is 16.6. The van der Waals surface area contributed by atoms with Gasteiger partial charge in [-0.1, -0.05) is 20.8 Å². The zero-order chi connectivity index (χ0) is 15.3. The van der Waals surface area contributed by atoms with Crippen molar-refractivity contribution >= 4 is 12.1 Å². The lowest BCUT2D eigenvalue weighted by atomic mass is 9.90. The Bertz CT molecular complexity index is 316. The molecule has 112 valence electrons. The number of hydrogen-bond donors (Lipinski definition) is 1. The molecule has 0 aliphatic heterocycles. The van der Waals surface area contributed by atoms with E-state index < -0.39 is 23.2 Å². The monoisotopic (exact) mass is 273 g/mol. The third kappa shape index (κ3) is 4.40. The minimum atomic E-state index is -1.18. The van der Waals surface area contributed by atoms with Crippen LogP contribution in [0, 0.1) is 0 Å². The molecule has 0 aliphatic carbocycles. The number of carbonyl (C=O) groups excluding carboxylic acids is 1. The molecule has 1 N–H and O–H groups in total. The van der Waals surface area contributed by atoms with Crippen LogP contribution >= 0.6 is 0 Å². The standard InChI is InChI=1S/C14H27NO4/c1-7-10-15(12(18)19-13(4,5)6)14(8-2,9-3)11(16)17/h7-10H2,1-6H3,(H,16,17). The summed E-state index contributed by atoms with van der Waals surface area (Å²) in [5, 5.41) is 9.52. The average Bonchev–Trinajstić information content (AvgIpc) is 2.27. The van der Waals surface area contributed by atoms with Crippen molar-refractivity contribution < 1.29 is 19.4 Å². The summed E-state index contributed by atoms with van der Waals surface area (Å²) >= 11 is 0. The van der Waals surface area contributed by atoms with E-state index in [9.17, 15) is 14.7 Å². The van der Waals surface area contributed by atoms with E-state index in [1.54, 1.807) is 34.6 Å². The minimum absolute atomic E-state index is 0.359. The van der Waals surface area contributed by atoms with Crippen LogP contribution in [-0.4, -0.2) is 39.8 Å². The Morgan fingerprint density at radius 2 is 1.58 bits per heavy atom. The summed E-state index contributed by atoms with van der Waals surface area (Å²) in [6.07, 6.45) is 0.852. The lowest BCUT2D eigenvalue weighted by molar-refractivity contribution is -0.152. The first-order valence-electron chi connectivity index (χ1n) is 6.88. The zero-order valence-electron chi connectivity index (χ0n) is 12.9. The Balaban J connectivity index is 5.38. The van der Waals surface area contributed by atoms with Crippen molar-refractivity contribution in [1.29, 1.82) is 0 Å². The molecule has 5 nitrogen and oxygen atoms in total. The molecule has 0 unspecified atom stereocenters. The quantitative estimate of drug-likeness (QED) is 0.806. The van der Waals surface area contributed by atoms with Crippen molar-refractivity contribution in [2.45, 2.75) is 71.9 Å². The van der Waals surface area contributed by atoms with Gasteiger partial charge in [-0.25, -0.2) is 9.59 Å². The van der Waals surface area contributed by atoms with E-state index in [0.29, 0.717) is 25.8 Å². The molecule has 0 aromatic heterocycles. The summed E-state index contributed by atoms with van der Waals surface area (Å²) in [6.45, 7) is 11.2. The van der Waals surface area contributed by atoms with Crippen molar-refractivity contribution in [2.24, 2.45) is 0 Å². The number of amides is 1. The van der Waals surface area contributed by atoms with Gasteiger partial charge in [0.25, 0.3) is 0 Å². The molecule has 0 saturated carbocycles. The van der Waals surface area contributed by atoms with Gasteiger partial charge in [-0.05, 0) is 40.0 Å². The molecule has 0 fully saturated rings. The van der Waals surface area contributed by atoms with Gasteiger partial charge < -0.3 is 9.84 Å². The van der Waals surface area contributed by atoms with Crippen LogP contribution in [0.1, 0.15) is 60.8 Å². The van der Waals surface area contributed by atoms with Crippen LogP contribution in [0.3, 0.4) is 0 Å². The van der Waals surface area contributed by atoms with E-state index >= 15 is 0 Å². The normalized spacial score (nSPS) is 12.1. The minimum Gasteiger partial charge on any atom is -0.479 e. The molecular weight excluding hydrogens is 246 g/mol. The van der Waals surface area contributed by atoms with Gasteiger partial charge in [0.1, 0.15) is 11.1 Å². The molecule has 5 heteroatoms.